The molecule has 304 valence electrons. The number of amides is 2. The van der Waals surface area contributed by atoms with Gasteiger partial charge in [0.25, 0.3) is 0 Å². The van der Waals surface area contributed by atoms with Gasteiger partial charge in [0.2, 0.25) is 0 Å². The Labute approximate surface area is 338 Å². The topological polar surface area (TPSA) is 191 Å². The number of para-hydroxylation sites is 2. The Bertz CT molecular complexity index is 2790. The molecule has 7 aromatic rings. The molecule has 0 fully saturated rings. The number of fused-ring (bicyclic) bond motifs is 5. The molecule has 3 heterocycles. The van der Waals surface area contributed by atoms with Crippen LogP contribution >= 0.6 is 0 Å². The number of aromatic nitrogens is 2. The van der Waals surface area contributed by atoms with E-state index in [1.165, 1.54) is 18.2 Å². The van der Waals surface area contributed by atoms with Gasteiger partial charge in [-0.25, -0.2) is 24.0 Å². The van der Waals surface area contributed by atoms with E-state index in [9.17, 15) is 24.0 Å². The summed E-state index contributed by atoms with van der Waals surface area (Å²) in [4.78, 5) is 72.7. The maximum atomic E-state index is 13.7. The Hall–Kier alpha value is -7.09. The number of rotatable bonds is 10. The average Bonchev–Trinajstić information content (AvgIpc) is 3.76. The number of aromatic amines is 2. The van der Waals surface area contributed by atoms with E-state index in [0.717, 1.165) is 32.9 Å². The molecule has 2 amide bonds. The summed E-state index contributed by atoms with van der Waals surface area (Å²) in [6.45, 7) is 10.3. The van der Waals surface area contributed by atoms with Gasteiger partial charge in [-0.3, -0.25) is 0 Å². The van der Waals surface area contributed by atoms with Gasteiger partial charge in [0.05, 0.1) is 5.39 Å². The number of hydrogen-bond acceptors (Lipinski definition) is 10. The second kappa shape index (κ2) is 16.0. The molecule has 2 atom stereocenters. The summed E-state index contributed by atoms with van der Waals surface area (Å²) in [5.41, 5.74) is 1.08. The van der Waals surface area contributed by atoms with Gasteiger partial charge in [0, 0.05) is 63.9 Å². The first-order valence-corrected chi connectivity index (χ1v) is 19.0. The van der Waals surface area contributed by atoms with Gasteiger partial charge in [-0.2, -0.15) is 0 Å². The van der Waals surface area contributed by atoms with Crippen LogP contribution in [0.1, 0.15) is 52.7 Å². The van der Waals surface area contributed by atoms with Gasteiger partial charge in [-0.05, 0) is 95.1 Å². The normalized spacial score (nSPS) is 12.9. The molecule has 7 rings (SSSR count). The van der Waals surface area contributed by atoms with Gasteiger partial charge in [0.15, 0.2) is 0 Å². The first-order chi connectivity index (χ1) is 28.0. The second-order valence-corrected chi connectivity index (χ2v) is 16.1. The van der Waals surface area contributed by atoms with Crippen molar-refractivity contribution in [2.75, 3.05) is 0 Å². The quantitative estimate of drug-likeness (QED) is 0.0456. The van der Waals surface area contributed by atoms with Crippen molar-refractivity contribution in [3.63, 3.8) is 0 Å². The van der Waals surface area contributed by atoms with E-state index >= 15 is 0 Å². The number of H-pyrrole nitrogens is 2. The standard InChI is InChI=1S/C45H44N4O10/c1-44(2,3)58-42(53)48-36(19-25-23-46-34-13-9-7-11-29(25)34)40(51)55-27-15-17-31-32-18-16-28(22-38(32)57-39(50)33(31)21-27)56-41(52)37(49-43(54)59-45(4,5)6)20-26-24-47-35-14-10-8-12-30(26)35/h7-18,21-24,36-37,46-47H,19-20H2,1-6H3,(H,48,53)(H,49,54). The van der Waals surface area contributed by atoms with Crippen LogP contribution in [0.15, 0.2) is 107 Å². The fourth-order valence-electron chi connectivity index (χ4n) is 6.72. The summed E-state index contributed by atoms with van der Waals surface area (Å²) in [6, 6.07) is 22.0. The number of esters is 2. The summed E-state index contributed by atoms with van der Waals surface area (Å²) in [5.74, 6) is -1.42. The Morgan fingerprint density at radius 1 is 0.593 bits per heavy atom. The molecule has 3 aromatic heterocycles. The molecule has 0 aliphatic rings. The minimum atomic E-state index is -1.14. The van der Waals surface area contributed by atoms with E-state index in [0.29, 0.717) is 10.8 Å². The van der Waals surface area contributed by atoms with Gasteiger partial charge in [0.1, 0.15) is 40.4 Å². The molecule has 14 heteroatoms. The van der Waals surface area contributed by atoms with Crippen LogP contribution in [0, 0.1) is 0 Å². The Kier molecular flexibility index (Phi) is 10.9. The zero-order valence-electron chi connectivity index (χ0n) is 33.4. The molecule has 59 heavy (non-hydrogen) atoms. The van der Waals surface area contributed by atoms with E-state index in [4.69, 9.17) is 23.4 Å². The van der Waals surface area contributed by atoms with Crippen molar-refractivity contribution in [3.8, 4) is 11.5 Å². The van der Waals surface area contributed by atoms with Crippen molar-refractivity contribution in [1.82, 2.24) is 20.6 Å². The van der Waals surface area contributed by atoms with Gasteiger partial charge in [-0.1, -0.05) is 36.4 Å². The van der Waals surface area contributed by atoms with Crippen LogP contribution in [0.2, 0.25) is 0 Å². The Morgan fingerprint density at radius 2 is 1.05 bits per heavy atom. The van der Waals surface area contributed by atoms with E-state index in [1.807, 2.05) is 48.5 Å². The van der Waals surface area contributed by atoms with Crippen molar-refractivity contribution in [2.24, 2.45) is 0 Å². The molecular weight excluding hydrogens is 757 g/mol. The van der Waals surface area contributed by atoms with Crippen molar-refractivity contribution >= 4 is 67.7 Å². The third kappa shape index (κ3) is 9.55. The molecule has 0 spiro atoms. The second-order valence-electron chi connectivity index (χ2n) is 16.1. The lowest BCUT2D eigenvalue weighted by molar-refractivity contribution is -0.137. The number of benzene rings is 4. The number of carbonyl (C=O) groups excluding carboxylic acids is 4. The molecule has 0 saturated carbocycles. The van der Waals surface area contributed by atoms with Crippen LogP contribution < -0.4 is 25.7 Å². The molecule has 0 saturated heterocycles. The van der Waals surface area contributed by atoms with Crippen LogP contribution in [-0.4, -0.2) is 57.4 Å². The van der Waals surface area contributed by atoms with Gasteiger partial charge < -0.3 is 44.0 Å². The lowest BCUT2D eigenvalue weighted by Gasteiger charge is -2.23. The number of ether oxygens (including phenoxy) is 4. The maximum absolute atomic E-state index is 13.7. The number of hydrogen-bond donors (Lipinski definition) is 4. The van der Waals surface area contributed by atoms with Crippen molar-refractivity contribution in [2.45, 2.75) is 77.7 Å². The monoisotopic (exact) mass is 800 g/mol. The lowest BCUT2D eigenvalue weighted by Crippen LogP contribution is -2.46. The van der Waals surface area contributed by atoms with Crippen LogP contribution in [0.3, 0.4) is 0 Å². The largest absolute Gasteiger partial charge is 0.444 e. The highest BCUT2D eigenvalue weighted by Gasteiger charge is 2.29. The highest BCUT2D eigenvalue weighted by Crippen LogP contribution is 2.30. The summed E-state index contributed by atoms with van der Waals surface area (Å²) in [5, 5.41) is 8.17. The summed E-state index contributed by atoms with van der Waals surface area (Å²) in [7, 11) is 0. The predicted octanol–water partition coefficient (Wildman–Crippen LogP) is 7.99. The van der Waals surface area contributed by atoms with Gasteiger partial charge in [-0.15, -0.1) is 0 Å². The highest BCUT2D eigenvalue weighted by molar-refractivity contribution is 6.05. The summed E-state index contributed by atoms with van der Waals surface area (Å²) >= 11 is 0. The number of alkyl carbamates (subject to hydrolysis) is 2. The third-order valence-corrected chi connectivity index (χ3v) is 9.24. The van der Waals surface area contributed by atoms with Crippen LogP contribution in [0.4, 0.5) is 9.59 Å². The predicted molar refractivity (Wildman–Crippen MR) is 222 cm³/mol. The zero-order chi connectivity index (χ0) is 42.1. The van der Waals surface area contributed by atoms with Crippen molar-refractivity contribution in [1.29, 1.82) is 0 Å². The van der Waals surface area contributed by atoms with Crippen molar-refractivity contribution < 1.29 is 42.5 Å². The fourth-order valence-corrected chi connectivity index (χ4v) is 6.72. The molecule has 4 aromatic carbocycles. The smallest absolute Gasteiger partial charge is 0.408 e. The van der Waals surface area contributed by atoms with E-state index in [2.05, 4.69) is 20.6 Å². The van der Waals surface area contributed by atoms with E-state index in [1.54, 1.807) is 72.1 Å². The summed E-state index contributed by atoms with van der Waals surface area (Å²) in [6.07, 6.45) is 2.15. The van der Waals surface area contributed by atoms with E-state index < -0.39 is 53.0 Å². The average molecular weight is 801 g/mol. The Morgan fingerprint density at radius 3 is 1.54 bits per heavy atom. The molecule has 0 aliphatic heterocycles. The third-order valence-electron chi connectivity index (χ3n) is 9.24. The van der Waals surface area contributed by atoms with Crippen LogP contribution in [-0.2, 0) is 31.9 Å². The highest BCUT2D eigenvalue weighted by atomic mass is 16.6. The lowest BCUT2D eigenvalue weighted by atomic mass is 10.0. The van der Waals surface area contributed by atoms with Crippen LogP contribution in [0.25, 0.3) is 43.5 Å². The minimum absolute atomic E-state index is 0.0494. The maximum Gasteiger partial charge on any atom is 0.408 e. The number of carbonyl (C=O) groups is 4. The SMILES string of the molecule is CC(C)(C)OC(=O)NC(Cc1c[nH]c2ccccc12)C(=O)Oc1ccc2c(c1)oc(=O)c1cc(OC(=O)C(Cc3c[nH]c4ccccc34)NC(=O)OC(C)(C)C)ccc12. The minimum Gasteiger partial charge on any atom is -0.444 e. The molecule has 14 nitrogen and oxygen atoms in total. The van der Waals surface area contributed by atoms with Crippen molar-refractivity contribution in [3.05, 3.63) is 119 Å². The van der Waals surface area contributed by atoms with E-state index in [-0.39, 0.29) is 35.3 Å². The summed E-state index contributed by atoms with van der Waals surface area (Å²) < 4.78 is 28.0. The molecule has 2 unspecified atom stereocenters. The molecular formula is C45H44N4O10. The molecule has 4 N–H and O–H groups in total. The first kappa shape index (κ1) is 40.1. The number of nitrogens with one attached hydrogen (secondary N) is 4. The molecule has 0 bridgehead atoms. The molecule has 0 aliphatic carbocycles. The fraction of sp³-hybridized carbons (Fsp3) is 0.267. The molecule has 0 radical (unpaired) electrons. The first-order valence-electron chi connectivity index (χ1n) is 19.0. The van der Waals surface area contributed by atoms with Gasteiger partial charge >= 0.3 is 29.8 Å². The van der Waals surface area contributed by atoms with Crippen LogP contribution in [0.5, 0.6) is 11.5 Å². The Balaban J connectivity index is 1.11. The zero-order valence-corrected chi connectivity index (χ0v) is 33.4.